The van der Waals surface area contributed by atoms with E-state index >= 15 is 0 Å². The second kappa shape index (κ2) is 7.60. The summed E-state index contributed by atoms with van der Waals surface area (Å²) in [4.78, 5) is 2.91. The Bertz CT molecular complexity index is 447. The predicted molar refractivity (Wildman–Crippen MR) is 92.5 cm³/mol. The molecule has 0 aromatic heterocycles. The Morgan fingerprint density at radius 1 is 1.25 bits per heavy atom. The Labute approximate surface area is 128 Å². The van der Waals surface area contributed by atoms with Crippen molar-refractivity contribution in [1.82, 2.24) is 4.90 Å². The number of rotatable bonds is 7. The Hall–Kier alpha value is -1.13. The fraction of sp³-hybridized carbons (Fsp3) is 0.562. The molecule has 0 saturated carbocycles. The van der Waals surface area contributed by atoms with Crippen LogP contribution in [0, 0.1) is 6.92 Å². The van der Waals surface area contributed by atoms with E-state index in [0.717, 1.165) is 24.3 Å². The first-order valence-corrected chi connectivity index (χ1v) is 7.64. The molecule has 0 saturated heterocycles. The lowest BCUT2D eigenvalue weighted by Gasteiger charge is -2.30. The van der Waals surface area contributed by atoms with Crippen molar-refractivity contribution >= 4 is 22.9 Å². The van der Waals surface area contributed by atoms with Crippen LogP contribution >= 0.6 is 12.2 Å². The summed E-state index contributed by atoms with van der Waals surface area (Å²) in [6, 6.07) is 7.13. The molecule has 0 spiro atoms. The molecule has 0 amide bonds. The lowest BCUT2D eigenvalue weighted by molar-refractivity contribution is 0.182. The fourth-order valence-electron chi connectivity index (χ4n) is 2.53. The van der Waals surface area contributed by atoms with Gasteiger partial charge >= 0.3 is 0 Å². The number of nitrogens with one attached hydrogen (secondary N) is 1. The summed E-state index contributed by atoms with van der Waals surface area (Å²) in [7, 11) is 0. The maximum absolute atomic E-state index is 5.79. The van der Waals surface area contributed by atoms with Crippen molar-refractivity contribution < 1.29 is 0 Å². The van der Waals surface area contributed by atoms with Gasteiger partial charge in [0, 0.05) is 36.4 Å². The number of nitrogens with two attached hydrogens (primary N) is 1. The highest BCUT2D eigenvalue weighted by atomic mass is 32.1. The van der Waals surface area contributed by atoms with Crippen molar-refractivity contribution in [2.45, 2.75) is 46.7 Å². The Morgan fingerprint density at radius 3 is 2.35 bits per heavy atom. The molecule has 0 aliphatic rings. The summed E-state index contributed by atoms with van der Waals surface area (Å²) in [6.45, 7) is 12.9. The number of anilines is 1. The van der Waals surface area contributed by atoms with E-state index < -0.39 is 0 Å². The number of benzene rings is 1. The van der Waals surface area contributed by atoms with Gasteiger partial charge in [-0.1, -0.05) is 24.4 Å². The molecule has 1 aromatic carbocycles. The van der Waals surface area contributed by atoms with Gasteiger partial charge in [-0.2, -0.15) is 0 Å². The van der Waals surface area contributed by atoms with E-state index in [2.05, 4.69) is 50.9 Å². The first-order chi connectivity index (χ1) is 9.34. The topological polar surface area (TPSA) is 41.3 Å². The van der Waals surface area contributed by atoms with E-state index in [4.69, 9.17) is 18.0 Å². The summed E-state index contributed by atoms with van der Waals surface area (Å²) < 4.78 is 0. The number of aryl methyl sites for hydroxylation is 1. The summed E-state index contributed by atoms with van der Waals surface area (Å²) in [5.41, 5.74) is 8.96. The maximum atomic E-state index is 5.79. The minimum atomic E-state index is 0.445. The van der Waals surface area contributed by atoms with E-state index in [0.29, 0.717) is 17.1 Å². The largest absolute Gasteiger partial charge is 0.389 e. The average molecular weight is 293 g/mol. The smallest absolute Gasteiger partial charge is 0.106 e. The third-order valence-corrected chi connectivity index (χ3v) is 3.76. The van der Waals surface area contributed by atoms with E-state index in [-0.39, 0.29) is 0 Å². The molecule has 1 aromatic rings. The minimum absolute atomic E-state index is 0.445. The van der Waals surface area contributed by atoms with Gasteiger partial charge in [0.05, 0.1) is 0 Å². The molecule has 0 aliphatic heterocycles. The van der Waals surface area contributed by atoms with Crippen molar-refractivity contribution in [3.8, 4) is 0 Å². The lowest BCUT2D eigenvalue weighted by atomic mass is 10.1. The van der Waals surface area contributed by atoms with Crippen LogP contribution in [0.3, 0.4) is 0 Å². The van der Waals surface area contributed by atoms with E-state index in [9.17, 15) is 0 Å². The number of thiocarbonyl (C=S) groups is 1. The minimum Gasteiger partial charge on any atom is -0.389 e. The first-order valence-electron chi connectivity index (χ1n) is 7.23. The third kappa shape index (κ3) is 4.46. The SMILES string of the molecule is Cc1cccc(C(N)=S)c1NCCN(C(C)C)C(C)C. The molecular formula is C16H27N3S. The second-order valence-corrected chi connectivity index (χ2v) is 6.15. The molecular weight excluding hydrogens is 266 g/mol. The number of nitrogens with zero attached hydrogens (tertiary/aromatic N) is 1. The van der Waals surface area contributed by atoms with E-state index in [1.54, 1.807) is 0 Å². The highest BCUT2D eigenvalue weighted by Crippen LogP contribution is 2.20. The molecule has 112 valence electrons. The number of hydrogen-bond donors (Lipinski definition) is 2. The monoisotopic (exact) mass is 293 g/mol. The highest BCUT2D eigenvalue weighted by Gasteiger charge is 2.13. The molecule has 3 N–H and O–H groups in total. The fourth-order valence-corrected chi connectivity index (χ4v) is 2.70. The van der Waals surface area contributed by atoms with Gasteiger partial charge in [-0.3, -0.25) is 4.90 Å². The van der Waals surface area contributed by atoms with Crippen molar-refractivity contribution in [3.05, 3.63) is 29.3 Å². The third-order valence-electron chi connectivity index (χ3n) is 3.54. The molecule has 0 atom stereocenters. The first kappa shape index (κ1) is 16.9. The molecule has 3 nitrogen and oxygen atoms in total. The zero-order valence-corrected chi connectivity index (χ0v) is 14.1. The van der Waals surface area contributed by atoms with Crippen LogP contribution in [0.15, 0.2) is 18.2 Å². The predicted octanol–water partition coefficient (Wildman–Crippen LogP) is 3.16. The van der Waals surface area contributed by atoms with Crippen molar-refractivity contribution in [1.29, 1.82) is 0 Å². The summed E-state index contributed by atoms with van der Waals surface area (Å²) in [5.74, 6) is 0. The molecule has 0 bridgehead atoms. The molecule has 0 heterocycles. The average Bonchev–Trinajstić information content (AvgIpc) is 2.34. The van der Waals surface area contributed by atoms with Crippen LogP contribution in [0.4, 0.5) is 5.69 Å². The second-order valence-electron chi connectivity index (χ2n) is 5.71. The lowest BCUT2D eigenvalue weighted by Crippen LogP contribution is -2.40. The van der Waals surface area contributed by atoms with Crippen LogP contribution in [0.5, 0.6) is 0 Å². The van der Waals surface area contributed by atoms with Crippen molar-refractivity contribution in [2.75, 3.05) is 18.4 Å². The summed E-state index contributed by atoms with van der Waals surface area (Å²) in [5, 5.41) is 3.49. The molecule has 0 fully saturated rings. The van der Waals surface area contributed by atoms with Crippen LogP contribution < -0.4 is 11.1 Å². The number of hydrogen-bond acceptors (Lipinski definition) is 3. The van der Waals surface area contributed by atoms with Crippen LogP contribution in [0.2, 0.25) is 0 Å². The summed E-state index contributed by atoms with van der Waals surface area (Å²) in [6.07, 6.45) is 0. The van der Waals surface area contributed by atoms with Gasteiger partial charge in [-0.15, -0.1) is 0 Å². The van der Waals surface area contributed by atoms with E-state index in [1.807, 2.05) is 12.1 Å². The van der Waals surface area contributed by atoms with Gasteiger partial charge in [0.25, 0.3) is 0 Å². The highest BCUT2D eigenvalue weighted by molar-refractivity contribution is 7.80. The van der Waals surface area contributed by atoms with Crippen molar-refractivity contribution in [2.24, 2.45) is 5.73 Å². The Morgan fingerprint density at radius 2 is 1.85 bits per heavy atom. The van der Waals surface area contributed by atoms with Gasteiger partial charge in [0.15, 0.2) is 0 Å². The zero-order valence-electron chi connectivity index (χ0n) is 13.2. The number of para-hydroxylation sites is 1. The standard InChI is InChI=1S/C16H27N3S/c1-11(2)19(12(3)4)10-9-18-15-13(5)7-6-8-14(15)16(17)20/h6-8,11-12,18H,9-10H2,1-5H3,(H2,17,20). The van der Waals surface area contributed by atoms with Crippen LogP contribution in [-0.4, -0.2) is 35.1 Å². The zero-order chi connectivity index (χ0) is 15.3. The quantitative estimate of drug-likeness (QED) is 0.758. The molecule has 0 aliphatic carbocycles. The Kier molecular flexibility index (Phi) is 6.43. The summed E-state index contributed by atoms with van der Waals surface area (Å²) >= 11 is 5.12. The Balaban J connectivity index is 2.73. The van der Waals surface area contributed by atoms with Gasteiger partial charge in [0.1, 0.15) is 4.99 Å². The van der Waals surface area contributed by atoms with Crippen LogP contribution in [0.25, 0.3) is 0 Å². The van der Waals surface area contributed by atoms with Gasteiger partial charge in [-0.25, -0.2) is 0 Å². The van der Waals surface area contributed by atoms with Gasteiger partial charge < -0.3 is 11.1 Å². The molecule has 1 rings (SSSR count). The van der Waals surface area contributed by atoms with Gasteiger partial charge in [0.2, 0.25) is 0 Å². The molecule has 0 unspecified atom stereocenters. The van der Waals surface area contributed by atoms with Crippen molar-refractivity contribution in [3.63, 3.8) is 0 Å². The maximum Gasteiger partial charge on any atom is 0.106 e. The van der Waals surface area contributed by atoms with Gasteiger partial charge in [-0.05, 0) is 46.2 Å². The molecule has 20 heavy (non-hydrogen) atoms. The molecule has 4 heteroatoms. The van der Waals surface area contributed by atoms with Crippen LogP contribution in [0.1, 0.15) is 38.8 Å². The normalized spacial score (nSPS) is 11.4. The molecule has 0 radical (unpaired) electrons. The van der Waals surface area contributed by atoms with Crippen LogP contribution in [-0.2, 0) is 0 Å². The van der Waals surface area contributed by atoms with E-state index in [1.165, 1.54) is 5.56 Å².